The molecule has 0 aliphatic heterocycles. The molecule has 108 valence electrons. The maximum Gasteiger partial charge on any atom is 0.206 e. The molecular formula is C15H13ClFN3O. The lowest BCUT2D eigenvalue weighted by molar-refractivity contribution is 0.344. The van der Waals surface area contributed by atoms with Crippen LogP contribution in [-0.4, -0.2) is 16.2 Å². The van der Waals surface area contributed by atoms with E-state index in [1.807, 2.05) is 6.92 Å². The van der Waals surface area contributed by atoms with E-state index in [2.05, 4.69) is 4.98 Å². The van der Waals surface area contributed by atoms with Crippen molar-refractivity contribution < 1.29 is 9.13 Å². The summed E-state index contributed by atoms with van der Waals surface area (Å²) in [6.45, 7) is 2.39. The van der Waals surface area contributed by atoms with Crippen molar-refractivity contribution >= 4 is 28.6 Å². The summed E-state index contributed by atoms with van der Waals surface area (Å²) in [5, 5.41) is 0.266. The normalized spacial score (nSPS) is 11.0. The van der Waals surface area contributed by atoms with E-state index in [9.17, 15) is 4.39 Å². The number of imidazole rings is 1. The van der Waals surface area contributed by atoms with Crippen LogP contribution in [0.2, 0.25) is 5.02 Å². The van der Waals surface area contributed by atoms with Crippen LogP contribution in [0.3, 0.4) is 0 Å². The van der Waals surface area contributed by atoms with Gasteiger partial charge in [-0.3, -0.25) is 4.57 Å². The molecule has 2 N–H and O–H groups in total. The van der Waals surface area contributed by atoms with E-state index in [-0.39, 0.29) is 16.7 Å². The van der Waals surface area contributed by atoms with Gasteiger partial charge in [-0.05, 0) is 31.2 Å². The average Bonchev–Trinajstić information content (AvgIpc) is 2.77. The monoisotopic (exact) mass is 305 g/mol. The molecule has 4 nitrogen and oxygen atoms in total. The number of fused-ring (bicyclic) bond motifs is 1. The van der Waals surface area contributed by atoms with Crippen LogP contribution in [0.25, 0.3) is 16.7 Å². The van der Waals surface area contributed by atoms with E-state index in [1.54, 1.807) is 30.3 Å². The fraction of sp³-hybridized carbons (Fsp3) is 0.133. The van der Waals surface area contributed by atoms with Gasteiger partial charge in [0, 0.05) is 0 Å². The summed E-state index contributed by atoms with van der Waals surface area (Å²) in [4.78, 5) is 4.28. The Morgan fingerprint density at radius 1 is 1.29 bits per heavy atom. The van der Waals surface area contributed by atoms with E-state index in [4.69, 9.17) is 22.1 Å². The zero-order valence-electron chi connectivity index (χ0n) is 11.3. The molecule has 0 saturated carbocycles. The topological polar surface area (TPSA) is 53.1 Å². The number of benzene rings is 2. The molecule has 0 aliphatic carbocycles. The molecule has 3 rings (SSSR count). The van der Waals surface area contributed by atoms with E-state index in [0.717, 1.165) is 0 Å². The molecule has 2 aromatic carbocycles. The molecule has 0 spiro atoms. The van der Waals surface area contributed by atoms with Crippen molar-refractivity contribution in [3.05, 3.63) is 47.2 Å². The number of para-hydroxylation sites is 2. The van der Waals surface area contributed by atoms with Crippen LogP contribution in [0.15, 0.2) is 36.4 Å². The van der Waals surface area contributed by atoms with Crippen LogP contribution in [0, 0.1) is 5.82 Å². The largest absolute Gasteiger partial charge is 0.492 e. The third kappa shape index (κ3) is 2.19. The zero-order valence-corrected chi connectivity index (χ0v) is 12.1. The number of nitrogens with zero attached hydrogens (tertiary/aromatic N) is 2. The molecule has 21 heavy (non-hydrogen) atoms. The minimum atomic E-state index is -0.463. The Kier molecular flexibility index (Phi) is 3.43. The smallest absolute Gasteiger partial charge is 0.206 e. The molecule has 1 aromatic heterocycles. The number of hydrogen-bond acceptors (Lipinski definition) is 3. The average molecular weight is 306 g/mol. The molecule has 3 aromatic rings. The Bertz CT molecular complexity index is 796. The number of halogens is 2. The first-order valence-corrected chi connectivity index (χ1v) is 6.85. The van der Waals surface area contributed by atoms with Gasteiger partial charge in [0.15, 0.2) is 0 Å². The maximum atomic E-state index is 14.2. The highest BCUT2D eigenvalue weighted by Gasteiger charge is 2.18. The number of aromatic nitrogens is 2. The summed E-state index contributed by atoms with van der Waals surface area (Å²) in [5.74, 6) is 0.298. The SMILES string of the molecule is CCOc1cccc2c1nc(N)n2-c1c(F)cccc1Cl. The number of ether oxygens (including phenoxy) is 1. The van der Waals surface area contributed by atoms with Gasteiger partial charge in [0.2, 0.25) is 5.95 Å². The lowest BCUT2D eigenvalue weighted by Crippen LogP contribution is -2.03. The number of anilines is 1. The van der Waals surface area contributed by atoms with Crippen molar-refractivity contribution in [1.29, 1.82) is 0 Å². The molecular weight excluding hydrogens is 293 g/mol. The standard InChI is InChI=1S/C15H13ClFN3O/c1-2-21-12-8-4-7-11-13(12)19-15(18)20(11)14-9(16)5-3-6-10(14)17/h3-8H,2H2,1H3,(H2,18,19). The Morgan fingerprint density at radius 2 is 2.05 bits per heavy atom. The van der Waals surface area contributed by atoms with E-state index in [1.165, 1.54) is 10.6 Å². The molecule has 0 aliphatic rings. The second-order valence-electron chi connectivity index (χ2n) is 4.43. The molecule has 0 atom stereocenters. The molecule has 6 heteroatoms. The Hall–Kier alpha value is -2.27. The molecule has 0 saturated heterocycles. The summed E-state index contributed by atoms with van der Waals surface area (Å²) in [6.07, 6.45) is 0. The molecule has 0 amide bonds. The van der Waals surface area contributed by atoms with Gasteiger partial charge in [-0.25, -0.2) is 9.37 Å². The van der Waals surface area contributed by atoms with Crippen LogP contribution in [0.1, 0.15) is 6.92 Å². The molecule has 0 bridgehead atoms. The highest BCUT2D eigenvalue weighted by Crippen LogP contribution is 2.33. The highest BCUT2D eigenvalue weighted by molar-refractivity contribution is 6.32. The minimum Gasteiger partial charge on any atom is -0.492 e. The predicted molar refractivity (Wildman–Crippen MR) is 81.6 cm³/mol. The van der Waals surface area contributed by atoms with Crippen molar-refractivity contribution in [1.82, 2.24) is 9.55 Å². The third-order valence-electron chi connectivity index (χ3n) is 3.14. The minimum absolute atomic E-state index is 0.157. The van der Waals surface area contributed by atoms with Crippen molar-refractivity contribution in [2.75, 3.05) is 12.3 Å². The zero-order chi connectivity index (χ0) is 15.0. The first-order chi connectivity index (χ1) is 10.1. The Balaban J connectivity index is 2.34. The van der Waals surface area contributed by atoms with Crippen molar-refractivity contribution in [3.63, 3.8) is 0 Å². The van der Waals surface area contributed by atoms with Gasteiger partial charge >= 0.3 is 0 Å². The van der Waals surface area contributed by atoms with E-state index < -0.39 is 5.82 Å². The van der Waals surface area contributed by atoms with Crippen LogP contribution >= 0.6 is 11.6 Å². The highest BCUT2D eigenvalue weighted by atomic mass is 35.5. The third-order valence-corrected chi connectivity index (χ3v) is 3.44. The fourth-order valence-corrected chi connectivity index (χ4v) is 2.55. The van der Waals surface area contributed by atoms with Crippen LogP contribution in [0.4, 0.5) is 10.3 Å². The van der Waals surface area contributed by atoms with Gasteiger partial charge in [-0.15, -0.1) is 0 Å². The quantitative estimate of drug-likeness (QED) is 0.801. The molecule has 1 heterocycles. The molecule has 0 radical (unpaired) electrons. The van der Waals surface area contributed by atoms with Gasteiger partial charge in [0.1, 0.15) is 22.8 Å². The summed E-state index contributed by atoms with van der Waals surface area (Å²) in [7, 11) is 0. The number of nitrogen functional groups attached to an aromatic ring is 1. The predicted octanol–water partition coefficient (Wildman–Crippen LogP) is 3.80. The number of hydrogen-bond donors (Lipinski definition) is 1. The summed E-state index contributed by atoms with van der Waals surface area (Å²) < 4.78 is 21.2. The summed E-state index contributed by atoms with van der Waals surface area (Å²) in [6, 6.07) is 9.88. The van der Waals surface area contributed by atoms with Crippen LogP contribution in [0.5, 0.6) is 5.75 Å². The van der Waals surface area contributed by atoms with Crippen molar-refractivity contribution in [2.45, 2.75) is 6.92 Å². The molecule has 0 fully saturated rings. The van der Waals surface area contributed by atoms with Crippen LogP contribution in [-0.2, 0) is 0 Å². The number of nitrogens with two attached hydrogens (primary N) is 1. The van der Waals surface area contributed by atoms with Gasteiger partial charge in [0.25, 0.3) is 0 Å². The summed E-state index contributed by atoms with van der Waals surface area (Å²) in [5.41, 5.74) is 7.37. The van der Waals surface area contributed by atoms with Gasteiger partial charge < -0.3 is 10.5 Å². The lowest BCUT2D eigenvalue weighted by Gasteiger charge is -2.10. The van der Waals surface area contributed by atoms with Gasteiger partial charge in [-0.2, -0.15) is 0 Å². The first kappa shape index (κ1) is 13.7. The fourth-order valence-electron chi connectivity index (χ4n) is 2.30. The Labute approximate surface area is 125 Å². The van der Waals surface area contributed by atoms with Crippen LogP contribution < -0.4 is 10.5 Å². The first-order valence-electron chi connectivity index (χ1n) is 6.47. The number of rotatable bonds is 3. The lowest BCUT2D eigenvalue weighted by atomic mass is 10.2. The van der Waals surface area contributed by atoms with Gasteiger partial charge in [-0.1, -0.05) is 23.7 Å². The van der Waals surface area contributed by atoms with E-state index in [0.29, 0.717) is 23.4 Å². The second kappa shape index (κ2) is 5.26. The molecule has 0 unspecified atom stereocenters. The second-order valence-corrected chi connectivity index (χ2v) is 4.84. The van der Waals surface area contributed by atoms with Crippen molar-refractivity contribution in [2.24, 2.45) is 0 Å². The summed E-state index contributed by atoms with van der Waals surface area (Å²) >= 11 is 6.12. The van der Waals surface area contributed by atoms with E-state index >= 15 is 0 Å². The van der Waals surface area contributed by atoms with Crippen molar-refractivity contribution in [3.8, 4) is 11.4 Å². The van der Waals surface area contributed by atoms with Gasteiger partial charge in [0.05, 0.1) is 17.1 Å². The maximum absolute atomic E-state index is 14.2. The Morgan fingerprint density at radius 3 is 2.76 bits per heavy atom.